The Hall–Kier alpha value is -2.35. The summed E-state index contributed by atoms with van der Waals surface area (Å²) in [4.78, 5) is 24.7. The number of halogens is 1. The number of aliphatic hydroxyl groups is 2. The monoisotopic (exact) mass is 510 g/mol. The van der Waals surface area contributed by atoms with E-state index in [9.17, 15) is 15.0 Å². The molecule has 3 aromatic rings. The summed E-state index contributed by atoms with van der Waals surface area (Å²) in [5.41, 5.74) is 2.00. The van der Waals surface area contributed by atoms with E-state index in [-0.39, 0.29) is 0 Å². The lowest BCUT2D eigenvalue weighted by Gasteiger charge is -2.16. The molecule has 11 heteroatoms. The van der Waals surface area contributed by atoms with Gasteiger partial charge in [-0.05, 0) is 40.3 Å². The number of imidazole rings is 1. The minimum Gasteiger partial charge on any atom is -0.387 e. The summed E-state index contributed by atoms with van der Waals surface area (Å²) >= 11 is 2.26. The zero-order chi connectivity index (χ0) is 20.5. The molecule has 10 nitrogen and oxygen atoms in total. The molecule has 0 saturated carbocycles. The quantitative estimate of drug-likeness (QED) is 0.363. The van der Waals surface area contributed by atoms with E-state index in [1.165, 1.54) is 24.3 Å². The number of rotatable bonds is 5. The van der Waals surface area contributed by atoms with Crippen molar-refractivity contribution in [2.24, 2.45) is 0 Å². The van der Waals surface area contributed by atoms with E-state index in [1.807, 2.05) is 18.2 Å². The lowest BCUT2D eigenvalue weighted by atomic mass is 10.1. The Morgan fingerprint density at radius 3 is 2.86 bits per heavy atom. The van der Waals surface area contributed by atoms with Crippen LogP contribution >= 0.6 is 22.6 Å². The van der Waals surface area contributed by atoms with Crippen LogP contribution in [0.1, 0.15) is 11.8 Å². The van der Waals surface area contributed by atoms with Gasteiger partial charge in [-0.2, -0.15) is 0 Å². The SMILES string of the molecule is CNC(=O)[C@H]1O[C@@H](n2cnc3c(NCc4cccc(I)c4)ncnc32)[C@@H](O)C1O. The Morgan fingerprint density at radius 2 is 2.10 bits per heavy atom. The van der Waals surface area contributed by atoms with Crippen LogP contribution in [0.5, 0.6) is 0 Å². The van der Waals surface area contributed by atoms with Gasteiger partial charge in [0.15, 0.2) is 29.3 Å². The first-order valence-electron chi connectivity index (χ1n) is 8.88. The van der Waals surface area contributed by atoms with Crippen molar-refractivity contribution in [3.8, 4) is 0 Å². The second-order valence-corrected chi connectivity index (χ2v) is 7.82. The zero-order valence-electron chi connectivity index (χ0n) is 15.4. The van der Waals surface area contributed by atoms with E-state index in [0.29, 0.717) is 23.5 Å². The summed E-state index contributed by atoms with van der Waals surface area (Å²) in [6, 6.07) is 8.07. The predicted octanol–water partition coefficient (Wildman–Crippen LogP) is 0.408. The number of likely N-dealkylation sites (N-methyl/N-ethyl adjacent to an activating group) is 1. The maximum Gasteiger partial charge on any atom is 0.251 e. The number of aliphatic hydroxyl groups excluding tert-OH is 2. The van der Waals surface area contributed by atoms with Gasteiger partial charge in [-0.3, -0.25) is 9.36 Å². The summed E-state index contributed by atoms with van der Waals surface area (Å²) in [5, 5.41) is 26.2. The second-order valence-electron chi connectivity index (χ2n) is 6.57. The molecule has 1 amide bonds. The minimum absolute atomic E-state index is 0.416. The van der Waals surface area contributed by atoms with Crippen LogP contribution in [-0.4, -0.2) is 61.0 Å². The largest absolute Gasteiger partial charge is 0.387 e. The Morgan fingerprint density at radius 1 is 1.28 bits per heavy atom. The molecule has 1 saturated heterocycles. The van der Waals surface area contributed by atoms with Gasteiger partial charge in [-0.15, -0.1) is 0 Å². The highest BCUT2D eigenvalue weighted by Gasteiger charge is 2.47. The molecule has 4 atom stereocenters. The third kappa shape index (κ3) is 3.77. The number of amides is 1. The molecule has 152 valence electrons. The molecule has 4 rings (SSSR count). The molecule has 1 unspecified atom stereocenters. The van der Waals surface area contributed by atoms with Crippen LogP contribution in [0.4, 0.5) is 5.82 Å². The lowest BCUT2D eigenvalue weighted by Crippen LogP contribution is -2.41. The molecule has 0 radical (unpaired) electrons. The number of carbonyl (C=O) groups excluding carboxylic acids is 1. The number of nitrogens with zero attached hydrogens (tertiary/aromatic N) is 4. The maximum absolute atomic E-state index is 11.9. The first-order valence-corrected chi connectivity index (χ1v) is 9.96. The number of hydrogen-bond acceptors (Lipinski definition) is 8. The first-order chi connectivity index (χ1) is 14.0. The topological polar surface area (TPSA) is 134 Å². The van der Waals surface area contributed by atoms with Crippen LogP contribution in [0.25, 0.3) is 11.2 Å². The molecule has 1 fully saturated rings. The van der Waals surface area contributed by atoms with E-state index in [1.54, 1.807) is 0 Å². The molecule has 0 aliphatic carbocycles. The van der Waals surface area contributed by atoms with Crippen molar-refractivity contribution in [2.75, 3.05) is 12.4 Å². The Kier molecular flexibility index (Phi) is 5.63. The predicted molar refractivity (Wildman–Crippen MR) is 112 cm³/mol. The first kappa shape index (κ1) is 19.9. The van der Waals surface area contributed by atoms with Gasteiger partial charge in [0.1, 0.15) is 18.5 Å². The molecule has 0 bridgehead atoms. The molecule has 29 heavy (non-hydrogen) atoms. The van der Waals surface area contributed by atoms with Crippen LogP contribution in [-0.2, 0) is 16.1 Å². The molecule has 1 aromatic carbocycles. The third-order valence-electron chi connectivity index (χ3n) is 4.73. The number of hydrogen-bond donors (Lipinski definition) is 4. The van der Waals surface area contributed by atoms with Crippen molar-refractivity contribution in [3.05, 3.63) is 46.1 Å². The van der Waals surface area contributed by atoms with Gasteiger partial charge >= 0.3 is 0 Å². The number of ether oxygens (including phenoxy) is 1. The van der Waals surface area contributed by atoms with Crippen LogP contribution in [0.2, 0.25) is 0 Å². The van der Waals surface area contributed by atoms with Gasteiger partial charge in [0.25, 0.3) is 5.91 Å². The highest BCUT2D eigenvalue weighted by molar-refractivity contribution is 14.1. The number of fused-ring (bicyclic) bond motifs is 1. The number of benzene rings is 1. The molecule has 1 aliphatic heterocycles. The number of anilines is 1. The van der Waals surface area contributed by atoms with E-state index >= 15 is 0 Å². The number of carbonyl (C=O) groups is 1. The van der Waals surface area contributed by atoms with Crippen LogP contribution < -0.4 is 10.6 Å². The van der Waals surface area contributed by atoms with Crippen molar-refractivity contribution in [1.29, 1.82) is 0 Å². The van der Waals surface area contributed by atoms with Crippen molar-refractivity contribution >= 4 is 45.5 Å². The fourth-order valence-electron chi connectivity index (χ4n) is 3.25. The molecule has 3 heterocycles. The van der Waals surface area contributed by atoms with Crippen LogP contribution in [0.15, 0.2) is 36.9 Å². The van der Waals surface area contributed by atoms with Crippen molar-refractivity contribution < 1.29 is 19.7 Å². The fourth-order valence-corrected chi connectivity index (χ4v) is 3.86. The zero-order valence-corrected chi connectivity index (χ0v) is 17.5. The standard InChI is InChI=1S/C18H19IN6O4/c1-20-17(28)14-12(26)13(27)18(29-14)25-8-24-11-15(22-7-23-16(11)25)21-6-9-3-2-4-10(19)5-9/h2-5,7-8,12-14,18,26-27H,6H2,1H3,(H,20,28)(H,21,22,23)/t12?,13-,14-,18+/m0/s1. The second kappa shape index (κ2) is 8.18. The van der Waals surface area contributed by atoms with Crippen molar-refractivity contribution in [3.63, 3.8) is 0 Å². The molecular formula is C18H19IN6O4. The van der Waals surface area contributed by atoms with Gasteiger partial charge in [0, 0.05) is 17.2 Å². The smallest absolute Gasteiger partial charge is 0.251 e. The van der Waals surface area contributed by atoms with Gasteiger partial charge in [-0.25, -0.2) is 15.0 Å². The highest BCUT2D eigenvalue weighted by atomic mass is 127. The fraction of sp³-hybridized carbons (Fsp3) is 0.333. The van der Waals surface area contributed by atoms with Gasteiger partial charge in [0.05, 0.1) is 6.33 Å². The average molecular weight is 510 g/mol. The van der Waals surface area contributed by atoms with E-state index in [4.69, 9.17) is 4.74 Å². The van der Waals surface area contributed by atoms with E-state index in [2.05, 4.69) is 54.2 Å². The maximum atomic E-state index is 11.9. The Bertz CT molecular complexity index is 1040. The third-order valence-corrected chi connectivity index (χ3v) is 5.40. The van der Waals surface area contributed by atoms with Gasteiger partial charge in [-0.1, -0.05) is 12.1 Å². The van der Waals surface area contributed by atoms with Crippen LogP contribution in [0.3, 0.4) is 0 Å². The van der Waals surface area contributed by atoms with Crippen LogP contribution in [0, 0.1) is 3.57 Å². The normalized spacial score (nSPS) is 24.0. The summed E-state index contributed by atoms with van der Waals surface area (Å²) in [6.45, 7) is 0.551. The van der Waals surface area contributed by atoms with Gasteiger partial charge < -0.3 is 25.6 Å². The Labute approximate surface area is 179 Å². The molecule has 0 spiro atoms. The summed E-state index contributed by atoms with van der Waals surface area (Å²) in [6.07, 6.45) is -2.04. The minimum atomic E-state index is -1.36. The molecule has 4 N–H and O–H groups in total. The highest BCUT2D eigenvalue weighted by Crippen LogP contribution is 2.32. The van der Waals surface area contributed by atoms with Crippen molar-refractivity contribution in [2.45, 2.75) is 31.1 Å². The summed E-state index contributed by atoms with van der Waals surface area (Å²) < 4.78 is 8.23. The summed E-state index contributed by atoms with van der Waals surface area (Å²) in [7, 11) is 1.43. The number of aromatic nitrogens is 4. The van der Waals surface area contributed by atoms with E-state index < -0.39 is 30.4 Å². The lowest BCUT2D eigenvalue weighted by molar-refractivity contribution is -0.137. The van der Waals surface area contributed by atoms with E-state index in [0.717, 1.165) is 9.13 Å². The number of nitrogens with one attached hydrogen (secondary N) is 2. The van der Waals surface area contributed by atoms with Crippen molar-refractivity contribution in [1.82, 2.24) is 24.8 Å². The average Bonchev–Trinajstić information content (AvgIpc) is 3.28. The summed E-state index contributed by atoms with van der Waals surface area (Å²) in [5.74, 6) is 0.0152. The molecular weight excluding hydrogens is 491 g/mol. The molecule has 1 aliphatic rings. The van der Waals surface area contributed by atoms with Gasteiger partial charge in [0.2, 0.25) is 0 Å². The molecule has 2 aromatic heterocycles. The Balaban J connectivity index is 1.60.